The van der Waals surface area contributed by atoms with Crippen molar-refractivity contribution in [2.45, 2.75) is 31.8 Å². The molecule has 1 saturated heterocycles. The first kappa shape index (κ1) is 20.3. The van der Waals surface area contributed by atoms with E-state index in [9.17, 15) is 0 Å². The third-order valence-electron chi connectivity index (χ3n) is 5.44. The van der Waals surface area contributed by atoms with Crippen LogP contribution in [0.3, 0.4) is 0 Å². The van der Waals surface area contributed by atoms with E-state index >= 15 is 0 Å². The van der Waals surface area contributed by atoms with Crippen molar-refractivity contribution in [1.82, 2.24) is 14.9 Å². The highest BCUT2D eigenvalue weighted by Gasteiger charge is 2.26. The van der Waals surface area contributed by atoms with Crippen molar-refractivity contribution in [3.63, 3.8) is 0 Å². The van der Waals surface area contributed by atoms with Crippen LogP contribution in [0.1, 0.15) is 42.1 Å². The van der Waals surface area contributed by atoms with Crippen molar-refractivity contribution in [2.24, 2.45) is 0 Å². The molecule has 4 rings (SSSR count). The number of piperidine rings is 1. The minimum Gasteiger partial charge on any atom is -0.378 e. The molecule has 1 aromatic carbocycles. The van der Waals surface area contributed by atoms with Crippen LogP contribution in [-0.2, 0) is 6.54 Å². The normalized spacial score (nSPS) is 16.8. The summed E-state index contributed by atoms with van der Waals surface area (Å²) in [6.07, 6.45) is 5.22. The minimum absolute atomic E-state index is 0.331. The van der Waals surface area contributed by atoms with Crippen LogP contribution in [0.5, 0.6) is 0 Å². The molecule has 0 aliphatic carbocycles. The van der Waals surface area contributed by atoms with Crippen LogP contribution in [-0.4, -0.2) is 35.5 Å². The van der Waals surface area contributed by atoms with E-state index in [1.54, 1.807) is 29.7 Å². The van der Waals surface area contributed by atoms with E-state index in [4.69, 9.17) is 10.2 Å². The Labute approximate surface area is 181 Å². The fraction of sp³-hybridized carbons (Fsp3) is 0.348. The van der Waals surface area contributed by atoms with Gasteiger partial charge in [0.1, 0.15) is 5.82 Å². The van der Waals surface area contributed by atoms with Crippen molar-refractivity contribution in [3.05, 3.63) is 64.8 Å². The van der Waals surface area contributed by atoms with Crippen molar-refractivity contribution in [1.29, 1.82) is 5.26 Å². The summed E-state index contributed by atoms with van der Waals surface area (Å²) >= 11 is 1.59. The molecule has 1 atom stereocenters. The second-order valence-electron chi connectivity index (χ2n) is 7.79. The third-order valence-corrected chi connectivity index (χ3v) is 6.22. The monoisotopic (exact) mass is 418 g/mol. The minimum atomic E-state index is 0.331. The maximum absolute atomic E-state index is 9.07. The smallest absolute Gasteiger partial charge is 0.188 e. The summed E-state index contributed by atoms with van der Waals surface area (Å²) in [6, 6.07) is 14.7. The predicted octanol–water partition coefficient (Wildman–Crippen LogP) is 4.95. The maximum Gasteiger partial charge on any atom is 0.188 e. The highest BCUT2D eigenvalue weighted by atomic mass is 32.1. The first-order valence-corrected chi connectivity index (χ1v) is 11.1. The van der Waals surface area contributed by atoms with Gasteiger partial charge in [-0.3, -0.25) is 4.90 Å². The highest BCUT2D eigenvalue weighted by molar-refractivity contribution is 7.13. The average molecular weight is 419 g/mol. The zero-order valence-electron chi connectivity index (χ0n) is 17.4. The molecule has 30 heavy (non-hydrogen) atoms. The van der Waals surface area contributed by atoms with Crippen LogP contribution in [0.15, 0.2) is 48.0 Å². The van der Waals surface area contributed by atoms with Gasteiger partial charge in [-0.05, 0) is 49.2 Å². The van der Waals surface area contributed by atoms with E-state index in [0.29, 0.717) is 17.4 Å². The Bertz CT molecular complexity index is 1020. The lowest BCUT2D eigenvalue weighted by atomic mass is 9.99. The summed E-state index contributed by atoms with van der Waals surface area (Å²) in [5.41, 5.74) is 4.25. The molecule has 154 valence electrons. The molecule has 0 bridgehead atoms. The SMILES string of the molecule is CN(C)c1ccc(CN2CCCC[C@H]2c2csc(Nc3cc(C#N)ccn3)n2)cc1. The fourth-order valence-electron chi connectivity index (χ4n) is 3.82. The standard InChI is InChI=1S/C23H26N6S/c1-28(2)19-8-6-17(7-9-19)15-29-12-4-3-5-21(29)20-16-30-23(26-20)27-22-13-18(14-24)10-11-25-22/h6-11,13,16,21H,3-5,12,15H2,1-2H3,(H,25,26,27)/t21-/m0/s1. The lowest BCUT2D eigenvalue weighted by Gasteiger charge is -2.34. The van der Waals surface area contributed by atoms with E-state index in [1.165, 1.54) is 24.1 Å². The van der Waals surface area contributed by atoms with E-state index in [-0.39, 0.29) is 0 Å². The molecule has 0 radical (unpaired) electrons. The van der Waals surface area contributed by atoms with Gasteiger partial charge in [0, 0.05) is 37.9 Å². The van der Waals surface area contributed by atoms with Gasteiger partial charge in [-0.15, -0.1) is 11.3 Å². The van der Waals surface area contributed by atoms with Crippen molar-refractivity contribution in [2.75, 3.05) is 30.9 Å². The second kappa shape index (κ2) is 9.24. The van der Waals surface area contributed by atoms with Crippen molar-refractivity contribution in [3.8, 4) is 6.07 Å². The highest BCUT2D eigenvalue weighted by Crippen LogP contribution is 2.34. The van der Waals surface area contributed by atoms with Gasteiger partial charge in [0.15, 0.2) is 5.13 Å². The summed E-state index contributed by atoms with van der Waals surface area (Å²) in [7, 11) is 4.13. The van der Waals surface area contributed by atoms with Gasteiger partial charge in [-0.2, -0.15) is 5.26 Å². The third kappa shape index (κ3) is 4.78. The maximum atomic E-state index is 9.07. The molecule has 1 aliphatic heterocycles. The molecule has 3 heterocycles. The zero-order chi connectivity index (χ0) is 20.9. The van der Waals surface area contributed by atoms with Gasteiger partial charge in [-0.1, -0.05) is 18.6 Å². The van der Waals surface area contributed by atoms with Crippen molar-refractivity contribution < 1.29 is 0 Å². The van der Waals surface area contributed by atoms with Crippen LogP contribution in [0, 0.1) is 11.3 Å². The average Bonchev–Trinajstić information content (AvgIpc) is 3.23. The Hall–Kier alpha value is -2.95. The lowest BCUT2D eigenvalue weighted by molar-refractivity contribution is 0.138. The van der Waals surface area contributed by atoms with E-state index < -0.39 is 0 Å². The molecule has 2 aromatic heterocycles. The molecule has 6 nitrogen and oxygen atoms in total. The topological polar surface area (TPSA) is 68.1 Å². The Kier molecular flexibility index (Phi) is 6.26. The number of rotatable bonds is 6. The molecular weight excluding hydrogens is 392 g/mol. The predicted molar refractivity (Wildman–Crippen MR) is 122 cm³/mol. The summed E-state index contributed by atoms with van der Waals surface area (Å²) in [5.74, 6) is 0.649. The number of nitrogens with zero attached hydrogens (tertiary/aromatic N) is 5. The molecular formula is C23H26N6S. The van der Waals surface area contributed by atoms with Gasteiger partial charge >= 0.3 is 0 Å². The van der Waals surface area contributed by atoms with Gasteiger partial charge < -0.3 is 10.2 Å². The molecule has 0 saturated carbocycles. The van der Waals surface area contributed by atoms with Crippen LogP contribution in [0.2, 0.25) is 0 Å². The quantitative estimate of drug-likeness (QED) is 0.611. The van der Waals surface area contributed by atoms with E-state index in [1.807, 2.05) is 0 Å². The molecule has 0 amide bonds. The van der Waals surface area contributed by atoms with Crippen LogP contribution in [0.4, 0.5) is 16.6 Å². The van der Waals surface area contributed by atoms with E-state index in [0.717, 1.165) is 30.3 Å². The number of aromatic nitrogens is 2. The zero-order valence-corrected chi connectivity index (χ0v) is 18.2. The Morgan fingerprint density at radius 2 is 2.07 bits per heavy atom. The number of nitriles is 1. The lowest BCUT2D eigenvalue weighted by Crippen LogP contribution is -2.33. The van der Waals surface area contributed by atoms with Gasteiger partial charge in [0.2, 0.25) is 0 Å². The number of hydrogen-bond donors (Lipinski definition) is 1. The Morgan fingerprint density at radius 1 is 1.23 bits per heavy atom. The van der Waals surface area contributed by atoms with Crippen molar-refractivity contribution >= 4 is 28.0 Å². The summed E-state index contributed by atoms with van der Waals surface area (Å²) in [6.45, 7) is 2.02. The molecule has 3 aromatic rings. The number of pyridine rings is 1. The number of thiazole rings is 1. The van der Waals surface area contributed by atoms with E-state index in [2.05, 4.69) is 69.9 Å². The summed E-state index contributed by atoms with van der Waals surface area (Å²) < 4.78 is 0. The summed E-state index contributed by atoms with van der Waals surface area (Å²) in [4.78, 5) is 13.8. The van der Waals surface area contributed by atoms with Gasteiger partial charge in [-0.25, -0.2) is 9.97 Å². The van der Waals surface area contributed by atoms with Crippen LogP contribution < -0.4 is 10.2 Å². The largest absolute Gasteiger partial charge is 0.378 e. The second-order valence-corrected chi connectivity index (χ2v) is 8.65. The number of likely N-dealkylation sites (tertiary alicyclic amines) is 1. The number of hydrogen-bond acceptors (Lipinski definition) is 7. The molecule has 1 aliphatic rings. The number of anilines is 3. The molecule has 1 fully saturated rings. The molecule has 0 unspecified atom stereocenters. The first-order valence-electron chi connectivity index (χ1n) is 10.2. The molecule has 0 spiro atoms. The van der Waals surface area contributed by atoms with Crippen LogP contribution >= 0.6 is 11.3 Å². The molecule has 1 N–H and O–H groups in total. The Morgan fingerprint density at radius 3 is 2.83 bits per heavy atom. The Balaban J connectivity index is 1.47. The molecule has 7 heteroatoms. The fourth-order valence-corrected chi connectivity index (χ4v) is 4.59. The van der Waals surface area contributed by atoms with Gasteiger partial charge in [0.05, 0.1) is 23.4 Å². The van der Waals surface area contributed by atoms with Gasteiger partial charge in [0.25, 0.3) is 0 Å². The first-order chi connectivity index (χ1) is 14.6. The summed E-state index contributed by atoms with van der Waals surface area (Å²) in [5, 5.41) is 15.3. The van der Waals surface area contributed by atoms with Crippen LogP contribution in [0.25, 0.3) is 0 Å². The number of benzene rings is 1. The number of nitrogens with one attached hydrogen (secondary N) is 1.